The fourth-order valence-corrected chi connectivity index (χ4v) is 3.91. The number of nitrogens with zero attached hydrogens (tertiary/aromatic N) is 1. The van der Waals surface area contributed by atoms with E-state index in [0.717, 1.165) is 24.8 Å². The van der Waals surface area contributed by atoms with Gasteiger partial charge in [0.25, 0.3) is 0 Å². The van der Waals surface area contributed by atoms with Gasteiger partial charge in [-0.3, -0.25) is 16.3 Å². The van der Waals surface area contributed by atoms with Crippen LogP contribution in [0.15, 0.2) is 29.9 Å². The van der Waals surface area contributed by atoms with E-state index in [4.69, 9.17) is 5.84 Å². The van der Waals surface area contributed by atoms with Crippen LogP contribution in [0.5, 0.6) is 0 Å². The van der Waals surface area contributed by atoms with Crippen molar-refractivity contribution in [2.45, 2.75) is 31.2 Å². The number of hydrazine groups is 1. The zero-order valence-electron chi connectivity index (χ0n) is 10.5. The van der Waals surface area contributed by atoms with Gasteiger partial charge in [-0.05, 0) is 47.9 Å². The summed E-state index contributed by atoms with van der Waals surface area (Å²) in [6.07, 6.45) is 6.26. The van der Waals surface area contributed by atoms with Crippen LogP contribution in [0, 0.1) is 5.82 Å². The van der Waals surface area contributed by atoms with Crippen molar-refractivity contribution >= 4 is 11.3 Å². The quantitative estimate of drug-likeness (QED) is 0.670. The molecule has 1 aliphatic carbocycles. The van der Waals surface area contributed by atoms with Crippen molar-refractivity contribution in [3.05, 3.63) is 51.7 Å². The van der Waals surface area contributed by atoms with Crippen LogP contribution in [-0.2, 0) is 6.42 Å². The number of nitrogens with two attached hydrogens (primary N) is 1. The Bertz CT molecular complexity index is 569. The number of halogens is 1. The number of aryl methyl sites for hydroxylation is 1. The molecule has 2 heterocycles. The van der Waals surface area contributed by atoms with Crippen molar-refractivity contribution in [3.8, 4) is 0 Å². The maximum atomic E-state index is 13.3. The second-order valence-electron chi connectivity index (χ2n) is 4.88. The molecule has 0 aliphatic heterocycles. The van der Waals surface area contributed by atoms with Gasteiger partial charge in [-0.2, -0.15) is 0 Å². The molecule has 0 fully saturated rings. The minimum Gasteiger partial charge on any atom is -0.271 e. The minimum atomic E-state index is -0.320. The highest BCUT2D eigenvalue weighted by Crippen LogP contribution is 2.41. The summed E-state index contributed by atoms with van der Waals surface area (Å²) in [6.45, 7) is 0. The largest absolute Gasteiger partial charge is 0.271 e. The lowest BCUT2D eigenvalue weighted by molar-refractivity contribution is 0.408. The smallest absolute Gasteiger partial charge is 0.141 e. The highest BCUT2D eigenvalue weighted by atomic mass is 32.1. The molecule has 0 saturated heterocycles. The first-order chi connectivity index (χ1) is 9.29. The Morgan fingerprint density at radius 1 is 1.47 bits per heavy atom. The summed E-state index contributed by atoms with van der Waals surface area (Å²) < 4.78 is 13.3. The zero-order chi connectivity index (χ0) is 13.2. The number of rotatable bonds is 3. The summed E-state index contributed by atoms with van der Waals surface area (Å²) in [5, 5.41) is 2.13. The lowest BCUT2D eigenvalue weighted by atomic mass is 9.80. The number of aromatic nitrogens is 1. The van der Waals surface area contributed by atoms with E-state index in [9.17, 15) is 4.39 Å². The number of hydrogen-bond donors (Lipinski definition) is 2. The Labute approximate surface area is 115 Å². The van der Waals surface area contributed by atoms with Crippen LogP contribution < -0.4 is 11.3 Å². The molecule has 3 N–H and O–H groups in total. The van der Waals surface area contributed by atoms with Gasteiger partial charge < -0.3 is 0 Å². The maximum absolute atomic E-state index is 13.3. The summed E-state index contributed by atoms with van der Waals surface area (Å²) in [7, 11) is 0. The second-order valence-corrected chi connectivity index (χ2v) is 5.88. The fraction of sp³-hybridized carbons (Fsp3) is 0.357. The molecule has 0 radical (unpaired) electrons. The van der Waals surface area contributed by atoms with Gasteiger partial charge in [0, 0.05) is 17.0 Å². The molecule has 19 heavy (non-hydrogen) atoms. The topological polar surface area (TPSA) is 50.9 Å². The van der Waals surface area contributed by atoms with E-state index in [1.165, 1.54) is 22.7 Å². The Balaban J connectivity index is 1.96. The van der Waals surface area contributed by atoms with E-state index in [1.807, 2.05) is 0 Å². The number of thiophene rings is 1. The molecule has 0 amide bonds. The Morgan fingerprint density at radius 2 is 2.37 bits per heavy atom. The summed E-state index contributed by atoms with van der Waals surface area (Å²) >= 11 is 1.80. The van der Waals surface area contributed by atoms with Crippen LogP contribution >= 0.6 is 11.3 Å². The molecule has 0 bridgehead atoms. The molecule has 2 aromatic rings. The molecule has 0 spiro atoms. The molecule has 0 aromatic carbocycles. The minimum absolute atomic E-state index is 0.0863. The van der Waals surface area contributed by atoms with Crippen molar-refractivity contribution in [2.24, 2.45) is 5.84 Å². The highest BCUT2D eigenvalue weighted by Gasteiger charge is 2.29. The van der Waals surface area contributed by atoms with E-state index in [1.54, 1.807) is 17.5 Å². The molecule has 2 atom stereocenters. The van der Waals surface area contributed by atoms with Crippen molar-refractivity contribution in [1.29, 1.82) is 0 Å². The molecule has 2 aromatic heterocycles. The number of fused-ring (bicyclic) bond motifs is 1. The fourth-order valence-electron chi connectivity index (χ4n) is 2.91. The third kappa shape index (κ3) is 2.41. The molecule has 100 valence electrons. The molecule has 0 saturated carbocycles. The number of hydrogen-bond acceptors (Lipinski definition) is 4. The molecule has 1 aliphatic rings. The Hall–Kier alpha value is -1.30. The van der Waals surface area contributed by atoms with Crippen molar-refractivity contribution in [2.75, 3.05) is 0 Å². The summed E-state index contributed by atoms with van der Waals surface area (Å²) in [5.74, 6) is 5.69. The molecule has 3 rings (SSSR count). The van der Waals surface area contributed by atoms with Crippen LogP contribution in [0.3, 0.4) is 0 Å². The first-order valence-electron chi connectivity index (χ1n) is 6.42. The summed E-state index contributed by atoms with van der Waals surface area (Å²) in [4.78, 5) is 5.35. The van der Waals surface area contributed by atoms with E-state index < -0.39 is 0 Å². The van der Waals surface area contributed by atoms with Gasteiger partial charge in [-0.15, -0.1) is 11.3 Å². The second kappa shape index (κ2) is 5.36. The molecule has 2 unspecified atom stereocenters. The third-order valence-corrected chi connectivity index (χ3v) is 4.76. The number of nitrogens with one attached hydrogen (secondary N) is 1. The van der Waals surface area contributed by atoms with Gasteiger partial charge >= 0.3 is 0 Å². The predicted octanol–water partition coefficient (Wildman–Crippen LogP) is 2.91. The molecule has 5 heteroatoms. The first kappa shape index (κ1) is 12.7. The van der Waals surface area contributed by atoms with Gasteiger partial charge in [0.15, 0.2) is 0 Å². The molecular formula is C14H16FN3S. The maximum Gasteiger partial charge on any atom is 0.141 e. The van der Waals surface area contributed by atoms with Crippen LogP contribution in [-0.4, -0.2) is 4.98 Å². The summed E-state index contributed by atoms with van der Waals surface area (Å²) in [6, 6.07) is 3.59. The third-order valence-electron chi connectivity index (χ3n) is 3.77. The average molecular weight is 277 g/mol. The SMILES string of the molecule is NNC(c1cncc(F)c1)C1CCCc2sccc21. The van der Waals surface area contributed by atoms with Crippen molar-refractivity contribution in [1.82, 2.24) is 10.4 Å². The zero-order valence-corrected chi connectivity index (χ0v) is 11.3. The van der Waals surface area contributed by atoms with Crippen LogP contribution in [0.1, 0.15) is 40.8 Å². The lowest BCUT2D eigenvalue weighted by Crippen LogP contribution is -2.33. The average Bonchev–Trinajstić information content (AvgIpc) is 2.89. The Morgan fingerprint density at radius 3 is 3.16 bits per heavy atom. The Kier molecular flexibility index (Phi) is 3.59. The standard InChI is InChI=1S/C14H16FN3S/c15-10-6-9(7-17-8-10)14(18-16)12-2-1-3-13-11(12)4-5-19-13/h4-8,12,14,18H,1-3,16H2. The molecule has 3 nitrogen and oxygen atoms in total. The van der Waals surface area contributed by atoms with Gasteiger partial charge in [0.1, 0.15) is 5.82 Å². The number of pyridine rings is 1. The van der Waals surface area contributed by atoms with E-state index >= 15 is 0 Å². The predicted molar refractivity (Wildman–Crippen MR) is 74.3 cm³/mol. The van der Waals surface area contributed by atoms with Crippen LogP contribution in [0.25, 0.3) is 0 Å². The van der Waals surface area contributed by atoms with Crippen molar-refractivity contribution < 1.29 is 4.39 Å². The normalized spacial score (nSPS) is 20.0. The monoisotopic (exact) mass is 277 g/mol. The van der Waals surface area contributed by atoms with E-state index in [-0.39, 0.29) is 11.9 Å². The lowest BCUT2D eigenvalue weighted by Gasteiger charge is -2.30. The van der Waals surface area contributed by atoms with Gasteiger partial charge in [0.05, 0.1) is 12.2 Å². The van der Waals surface area contributed by atoms with Gasteiger partial charge in [-0.25, -0.2) is 4.39 Å². The van der Waals surface area contributed by atoms with Crippen molar-refractivity contribution in [3.63, 3.8) is 0 Å². The van der Waals surface area contributed by atoms with E-state index in [2.05, 4.69) is 21.9 Å². The van der Waals surface area contributed by atoms with Crippen LogP contribution in [0.4, 0.5) is 4.39 Å². The highest BCUT2D eigenvalue weighted by molar-refractivity contribution is 7.10. The summed E-state index contributed by atoms with van der Waals surface area (Å²) in [5.41, 5.74) is 5.01. The van der Waals surface area contributed by atoms with Crippen LogP contribution in [0.2, 0.25) is 0 Å². The van der Waals surface area contributed by atoms with E-state index in [0.29, 0.717) is 5.92 Å². The first-order valence-corrected chi connectivity index (χ1v) is 7.30. The van der Waals surface area contributed by atoms with Gasteiger partial charge in [0.2, 0.25) is 0 Å². The van der Waals surface area contributed by atoms with Gasteiger partial charge in [-0.1, -0.05) is 0 Å². The molecular weight excluding hydrogens is 261 g/mol.